The molecule has 0 aromatic carbocycles. The van der Waals surface area contributed by atoms with E-state index in [2.05, 4.69) is 30.7 Å². The van der Waals surface area contributed by atoms with Crippen molar-refractivity contribution in [1.82, 2.24) is 19.1 Å². The molecule has 0 fully saturated rings. The Morgan fingerprint density at radius 2 is 2.00 bits per heavy atom. The Morgan fingerprint density at radius 3 is 2.61 bits per heavy atom. The van der Waals surface area contributed by atoms with Gasteiger partial charge in [0.15, 0.2) is 11.2 Å². The molecular formula is C13H20N4O. The predicted octanol–water partition coefficient (Wildman–Crippen LogP) is 2.06. The first-order valence-corrected chi connectivity index (χ1v) is 6.42. The Bertz CT molecular complexity index is 613. The molecule has 2 aromatic rings. The summed E-state index contributed by atoms with van der Waals surface area (Å²) < 4.78 is 3.51. The number of imidazole rings is 1. The summed E-state index contributed by atoms with van der Waals surface area (Å²) in [5.41, 5.74) is 1.03. The molecule has 5 nitrogen and oxygen atoms in total. The lowest BCUT2D eigenvalue weighted by atomic mass is 9.93. The van der Waals surface area contributed by atoms with Gasteiger partial charge >= 0.3 is 0 Å². The SMILES string of the molecule is CCCC(C)(CC)n1cnc2c(=O)n(C)cnc21. The van der Waals surface area contributed by atoms with Gasteiger partial charge in [-0.2, -0.15) is 0 Å². The highest BCUT2D eigenvalue weighted by molar-refractivity contribution is 5.69. The number of fused-ring (bicyclic) bond motifs is 1. The van der Waals surface area contributed by atoms with Crippen molar-refractivity contribution < 1.29 is 0 Å². The Morgan fingerprint density at radius 1 is 1.28 bits per heavy atom. The minimum atomic E-state index is -0.0892. The van der Waals surface area contributed by atoms with E-state index in [1.807, 2.05) is 4.57 Å². The predicted molar refractivity (Wildman–Crippen MR) is 71.6 cm³/mol. The van der Waals surface area contributed by atoms with Gasteiger partial charge < -0.3 is 9.13 Å². The maximum absolute atomic E-state index is 12.0. The Hall–Kier alpha value is -1.65. The van der Waals surface area contributed by atoms with Gasteiger partial charge in [0.2, 0.25) is 0 Å². The van der Waals surface area contributed by atoms with Crippen molar-refractivity contribution in [3.63, 3.8) is 0 Å². The molecule has 1 unspecified atom stereocenters. The molecule has 0 saturated heterocycles. The molecule has 2 aromatic heterocycles. The maximum atomic E-state index is 12.0. The molecule has 5 heteroatoms. The standard InChI is InChI=1S/C13H20N4O/c1-5-7-13(3,6-2)17-9-14-10-11(17)15-8-16(4)12(10)18/h8-9H,5-7H2,1-4H3. The van der Waals surface area contributed by atoms with Gasteiger partial charge in [-0.05, 0) is 19.8 Å². The smallest absolute Gasteiger partial charge is 0.281 e. The molecule has 0 radical (unpaired) electrons. The van der Waals surface area contributed by atoms with Gasteiger partial charge in [0, 0.05) is 12.6 Å². The molecule has 2 heterocycles. The van der Waals surface area contributed by atoms with Gasteiger partial charge in [0.25, 0.3) is 5.56 Å². The Labute approximate surface area is 106 Å². The minimum Gasteiger partial charge on any atom is -0.309 e. The molecule has 0 amide bonds. The fraction of sp³-hybridized carbons (Fsp3) is 0.615. The summed E-state index contributed by atoms with van der Waals surface area (Å²) in [5.74, 6) is 0. The third-order valence-electron chi connectivity index (χ3n) is 3.75. The molecule has 1 atom stereocenters. The molecular weight excluding hydrogens is 228 g/mol. The van der Waals surface area contributed by atoms with Crippen molar-refractivity contribution in [3.05, 3.63) is 23.0 Å². The topological polar surface area (TPSA) is 52.7 Å². The fourth-order valence-corrected chi connectivity index (χ4v) is 2.38. The van der Waals surface area contributed by atoms with E-state index in [4.69, 9.17) is 0 Å². The van der Waals surface area contributed by atoms with Crippen LogP contribution in [0.4, 0.5) is 0 Å². The first kappa shape index (κ1) is 12.8. The second kappa shape index (κ2) is 4.55. The molecule has 98 valence electrons. The van der Waals surface area contributed by atoms with Crippen molar-refractivity contribution >= 4 is 11.2 Å². The highest BCUT2D eigenvalue weighted by atomic mass is 16.1. The lowest BCUT2D eigenvalue weighted by Gasteiger charge is -2.29. The lowest BCUT2D eigenvalue weighted by molar-refractivity contribution is 0.285. The molecule has 0 spiro atoms. The van der Waals surface area contributed by atoms with Gasteiger partial charge in [0.1, 0.15) is 0 Å². The van der Waals surface area contributed by atoms with E-state index in [9.17, 15) is 4.79 Å². The van der Waals surface area contributed by atoms with Gasteiger partial charge in [-0.25, -0.2) is 9.97 Å². The van der Waals surface area contributed by atoms with Crippen LogP contribution in [0.3, 0.4) is 0 Å². The zero-order valence-corrected chi connectivity index (χ0v) is 11.5. The summed E-state index contributed by atoms with van der Waals surface area (Å²) in [5, 5.41) is 0. The summed E-state index contributed by atoms with van der Waals surface area (Å²) in [6.07, 6.45) is 6.44. The maximum Gasteiger partial charge on any atom is 0.281 e. The number of aryl methyl sites for hydroxylation is 1. The number of nitrogens with zero attached hydrogens (tertiary/aromatic N) is 4. The highest BCUT2D eigenvalue weighted by Gasteiger charge is 2.26. The van der Waals surface area contributed by atoms with Crippen molar-refractivity contribution in [2.24, 2.45) is 7.05 Å². The van der Waals surface area contributed by atoms with E-state index >= 15 is 0 Å². The largest absolute Gasteiger partial charge is 0.309 e. The van der Waals surface area contributed by atoms with E-state index < -0.39 is 0 Å². The molecule has 0 aliphatic heterocycles. The van der Waals surface area contributed by atoms with Crippen LogP contribution in [0.2, 0.25) is 0 Å². The lowest BCUT2D eigenvalue weighted by Crippen LogP contribution is -2.29. The van der Waals surface area contributed by atoms with Gasteiger partial charge in [-0.3, -0.25) is 4.79 Å². The van der Waals surface area contributed by atoms with Crippen LogP contribution < -0.4 is 5.56 Å². The zero-order valence-electron chi connectivity index (χ0n) is 11.5. The third kappa shape index (κ3) is 1.83. The quantitative estimate of drug-likeness (QED) is 0.832. The van der Waals surface area contributed by atoms with Crippen LogP contribution in [0.25, 0.3) is 11.2 Å². The van der Waals surface area contributed by atoms with Gasteiger partial charge in [0.05, 0.1) is 12.7 Å². The number of hydrogen-bond acceptors (Lipinski definition) is 3. The van der Waals surface area contributed by atoms with Crippen LogP contribution in [-0.2, 0) is 12.6 Å². The van der Waals surface area contributed by atoms with Gasteiger partial charge in [-0.15, -0.1) is 0 Å². The van der Waals surface area contributed by atoms with Crippen molar-refractivity contribution in [3.8, 4) is 0 Å². The summed E-state index contributed by atoms with van der Waals surface area (Å²) in [6.45, 7) is 6.51. The van der Waals surface area contributed by atoms with Crippen molar-refractivity contribution in [1.29, 1.82) is 0 Å². The number of hydrogen-bond donors (Lipinski definition) is 0. The average Bonchev–Trinajstić information content (AvgIpc) is 2.79. The van der Waals surface area contributed by atoms with E-state index in [-0.39, 0.29) is 11.1 Å². The van der Waals surface area contributed by atoms with Crippen LogP contribution >= 0.6 is 0 Å². The van der Waals surface area contributed by atoms with E-state index in [1.165, 1.54) is 4.57 Å². The van der Waals surface area contributed by atoms with Crippen LogP contribution in [-0.4, -0.2) is 19.1 Å². The fourth-order valence-electron chi connectivity index (χ4n) is 2.38. The van der Waals surface area contributed by atoms with Gasteiger partial charge in [-0.1, -0.05) is 20.3 Å². The normalized spacial score (nSPS) is 14.9. The summed E-state index contributed by atoms with van der Waals surface area (Å²) in [7, 11) is 1.69. The number of rotatable bonds is 4. The van der Waals surface area contributed by atoms with Crippen molar-refractivity contribution in [2.75, 3.05) is 0 Å². The van der Waals surface area contributed by atoms with Crippen molar-refractivity contribution in [2.45, 2.75) is 45.6 Å². The van der Waals surface area contributed by atoms with Crippen LogP contribution in [0, 0.1) is 0 Å². The Kier molecular flexibility index (Phi) is 3.24. The summed E-state index contributed by atoms with van der Waals surface area (Å²) >= 11 is 0. The second-order valence-corrected chi connectivity index (χ2v) is 5.05. The average molecular weight is 248 g/mol. The zero-order chi connectivity index (χ0) is 13.3. The van der Waals surface area contributed by atoms with E-state index in [0.717, 1.165) is 19.3 Å². The first-order valence-electron chi connectivity index (χ1n) is 6.42. The first-order chi connectivity index (χ1) is 8.53. The van der Waals surface area contributed by atoms with E-state index in [0.29, 0.717) is 11.2 Å². The second-order valence-electron chi connectivity index (χ2n) is 5.05. The minimum absolute atomic E-state index is 0.0249. The molecule has 2 rings (SSSR count). The molecule has 18 heavy (non-hydrogen) atoms. The molecule has 0 saturated carbocycles. The monoisotopic (exact) mass is 248 g/mol. The summed E-state index contributed by atoms with van der Waals surface area (Å²) in [4.78, 5) is 20.6. The number of aromatic nitrogens is 4. The molecule has 0 aliphatic carbocycles. The third-order valence-corrected chi connectivity index (χ3v) is 3.75. The van der Waals surface area contributed by atoms with E-state index in [1.54, 1.807) is 19.7 Å². The van der Waals surface area contributed by atoms with Crippen LogP contribution in [0.15, 0.2) is 17.4 Å². The van der Waals surface area contributed by atoms with Crippen LogP contribution in [0.1, 0.15) is 40.0 Å². The molecule has 0 bridgehead atoms. The Balaban J connectivity index is 2.66. The molecule has 0 N–H and O–H groups in total. The molecule has 0 aliphatic rings. The van der Waals surface area contributed by atoms with Crippen LogP contribution in [0.5, 0.6) is 0 Å². The summed E-state index contributed by atoms with van der Waals surface area (Å²) in [6, 6.07) is 0. The highest BCUT2D eigenvalue weighted by Crippen LogP contribution is 2.28.